The highest BCUT2D eigenvalue weighted by Crippen LogP contribution is 2.25. The van der Waals surface area contributed by atoms with E-state index in [1.807, 2.05) is 27.7 Å². The van der Waals surface area contributed by atoms with E-state index in [1.54, 1.807) is 30.3 Å². The molecule has 25 heavy (non-hydrogen) atoms. The number of anilines is 2. The molecule has 0 aliphatic heterocycles. The molecule has 4 N–H and O–H groups in total. The van der Waals surface area contributed by atoms with E-state index >= 15 is 0 Å². The molecule has 0 spiro atoms. The Hall–Kier alpha value is -2.44. The zero-order valence-electron chi connectivity index (χ0n) is 15.2. The molecule has 1 amide bonds. The summed E-state index contributed by atoms with van der Waals surface area (Å²) < 4.78 is 14.0. The van der Waals surface area contributed by atoms with E-state index in [0.717, 1.165) is 11.1 Å². The van der Waals surface area contributed by atoms with Crippen molar-refractivity contribution >= 4 is 17.3 Å². The van der Waals surface area contributed by atoms with Crippen molar-refractivity contribution in [1.29, 1.82) is 0 Å². The van der Waals surface area contributed by atoms with Gasteiger partial charge < -0.3 is 11.1 Å². The maximum atomic E-state index is 14.0. The molecule has 2 aromatic rings. The van der Waals surface area contributed by atoms with E-state index in [1.165, 1.54) is 6.07 Å². The van der Waals surface area contributed by atoms with Crippen LogP contribution in [-0.4, -0.2) is 19.1 Å². The van der Waals surface area contributed by atoms with E-state index in [2.05, 4.69) is 10.8 Å². The average Bonchev–Trinajstić information content (AvgIpc) is 2.59. The molecule has 0 aliphatic carbocycles. The van der Waals surface area contributed by atoms with Gasteiger partial charge in [0.15, 0.2) is 0 Å². The van der Waals surface area contributed by atoms with Gasteiger partial charge in [0, 0.05) is 6.54 Å². The lowest BCUT2D eigenvalue weighted by atomic mass is 10.1. The van der Waals surface area contributed by atoms with Crippen LogP contribution in [0.2, 0.25) is 0 Å². The molecule has 0 aliphatic rings. The normalized spacial score (nSPS) is 9.84. The second-order valence-corrected chi connectivity index (χ2v) is 5.23. The molecule has 2 aromatic carbocycles. The number of hydroxylamine groups is 1. The Morgan fingerprint density at radius 3 is 2.36 bits per heavy atom. The molecule has 0 radical (unpaired) electrons. The molecule has 0 unspecified atom stereocenters. The molecule has 0 heterocycles. The SMILES string of the molecule is CC.Cc1ccc(Nc2cc(C)ccc2C(=O)NOCCN)c(F)c1. The summed E-state index contributed by atoms with van der Waals surface area (Å²) in [6, 6.07) is 10.1. The van der Waals surface area contributed by atoms with Gasteiger partial charge in [0.2, 0.25) is 0 Å². The van der Waals surface area contributed by atoms with E-state index in [-0.39, 0.29) is 12.4 Å². The Morgan fingerprint density at radius 1 is 1.08 bits per heavy atom. The lowest BCUT2D eigenvalue weighted by molar-refractivity contribution is 0.0344. The lowest BCUT2D eigenvalue weighted by Crippen LogP contribution is -2.27. The first-order valence-corrected chi connectivity index (χ1v) is 8.27. The van der Waals surface area contributed by atoms with Crippen LogP contribution >= 0.6 is 0 Å². The molecule has 0 aromatic heterocycles. The molecule has 0 bridgehead atoms. The fraction of sp³-hybridized carbons (Fsp3) is 0.316. The Balaban J connectivity index is 0.00000151. The summed E-state index contributed by atoms with van der Waals surface area (Å²) >= 11 is 0. The van der Waals surface area contributed by atoms with Gasteiger partial charge in [-0.25, -0.2) is 9.87 Å². The fourth-order valence-corrected chi connectivity index (χ4v) is 2.06. The van der Waals surface area contributed by atoms with E-state index in [9.17, 15) is 9.18 Å². The Bertz CT molecular complexity index is 705. The third-order valence-electron chi connectivity index (χ3n) is 3.20. The molecule has 0 saturated heterocycles. The van der Waals surface area contributed by atoms with Gasteiger partial charge >= 0.3 is 0 Å². The first-order chi connectivity index (χ1) is 12.0. The van der Waals surface area contributed by atoms with Gasteiger partial charge in [0.1, 0.15) is 5.82 Å². The summed E-state index contributed by atoms with van der Waals surface area (Å²) in [7, 11) is 0. The van der Waals surface area contributed by atoms with Crippen LogP contribution in [0, 0.1) is 19.7 Å². The first kappa shape index (κ1) is 20.6. The summed E-state index contributed by atoms with van der Waals surface area (Å²) in [6.07, 6.45) is 0. The predicted molar refractivity (Wildman–Crippen MR) is 99.4 cm³/mol. The van der Waals surface area contributed by atoms with E-state index < -0.39 is 5.91 Å². The standard InChI is InChI=1S/C17H20FN3O2.C2H6/c1-11-4-6-15(14(18)9-11)20-16-10-12(2)3-5-13(16)17(22)21-23-8-7-19;1-2/h3-6,9-10,20H,7-8,19H2,1-2H3,(H,21,22);1-2H3. The van der Waals surface area contributed by atoms with Crippen LogP contribution < -0.4 is 16.5 Å². The van der Waals surface area contributed by atoms with Crippen molar-refractivity contribution in [2.24, 2.45) is 5.73 Å². The quantitative estimate of drug-likeness (QED) is 0.548. The van der Waals surface area contributed by atoms with Crippen LogP contribution in [0.25, 0.3) is 0 Å². The van der Waals surface area contributed by atoms with Gasteiger partial charge in [-0.05, 0) is 49.2 Å². The molecule has 0 atom stereocenters. The number of rotatable bonds is 6. The average molecular weight is 347 g/mol. The number of benzene rings is 2. The zero-order valence-corrected chi connectivity index (χ0v) is 15.2. The highest BCUT2D eigenvalue weighted by atomic mass is 19.1. The van der Waals surface area contributed by atoms with Gasteiger partial charge in [-0.15, -0.1) is 0 Å². The maximum absolute atomic E-state index is 14.0. The number of hydrogen-bond acceptors (Lipinski definition) is 4. The van der Waals surface area contributed by atoms with Gasteiger partial charge in [-0.2, -0.15) is 0 Å². The van der Waals surface area contributed by atoms with Crippen molar-refractivity contribution in [1.82, 2.24) is 5.48 Å². The van der Waals surface area contributed by atoms with Crippen LogP contribution in [0.5, 0.6) is 0 Å². The monoisotopic (exact) mass is 347 g/mol. The Kier molecular flexibility index (Phi) is 8.60. The number of aryl methyl sites for hydroxylation is 2. The third kappa shape index (κ3) is 6.17. The Morgan fingerprint density at radius 2 is 1.72 bits per heavy atom. The summed E-state index contributed by atoms with van der Waals surface area (Å²) in [5.41, 5.74) is 10.5. The smallest absolute Gasteiger partial charge is 0.276 e. The summed E-state index contributed by atoms with van der Waals surface area (Å²) in [5, 5.41) is 2.96. The first-order valence-electron chi connectivity index (χ1n) is 8.27. The van der Waals surface area contributed by atoms with Crippen molar-refractivity contribution in [2.45, 2.75) is 27.7 Å². The minimum Gasteiger partial charge on any atom is -0.352 e. The maximum Gasteiger partial charge on any atom is 0.276 e. The molecule has 136 valence electrons. The largest absolute Gasteiger partial charge is 0.352 e. The van der Waals surface area contributed by atoms with Crippen molar-refractivity contribution in [3.8, 4) is 0 Å². The summed E-state index contributed by atoms with van der Waals surface area (Å²) in [6.45, 7) is 8.22. The second kappa shape index (κ2) is 10.4. The fourth-order valence-electron chi connectivity index (χ4n) is 2.06. The van der Waals surface area contributed by atoms with Crippen molar-refractivity contribution < 1.29 is 14.0 Å². The van der Waals surface area contributed by atoms with Crippen molar-refractivity contribution in [3.63, 3.8) is 0 Å². The van der Waals surface area contributed by atoms with Crippen molar-refractivity contribution in [3.05, 3.63) is 58.9 Å². The summed E-state index contributed by atoms with van der Waals surface area (Å²) in [4.78, 5) is 17.1. The van der Waals surface area contributed by atoms with Gasteiger partial charge in [-0.1, -0.05) is 26.0 Å². The molecule has 0 saturated carbocycles. The van der Waals surface area contributed by atoms with Gasteiger partial charge in [0.25, 0.3) is 5.91 Å². The van der Waals surface area contributed by atoms with Crippen molar-refractivity contribution in [2.75, 3.05) is 18.5 Å². The summed E-state index contributed by atoms with van der Waals surface area (Å²) in [5.74, 6) is -0.800. The molecular formula is C19H26FN3O2. The molecule has 2 rings (SSSR count). The van der Waals surface area contributed by atoms with Crippen LogP contribution in [0.1, 0.15) is 35.3 Å². The highest BCUT2D eigenvalue weighted by Gasteiger charge is 2.13. The lowest BCUT2D eigenvalue weighted by Gasteiger charge is -2.14. The molecule has 0 fully saturated rings. The van der Waals surface area contributed by atoms with Crippen LogP contribution in [-0.2, 0) is 4.84 Å². The Labute approximate surface area is 148 Å². The number of amides is 1. The molecule has 6 heteroatoms. The number of nitrogens with one attached hydrogen (secondary N) is 2. The van der Waals surface area contributed by atoms with Gasteiger partial charge in [-0.3, -0.25) is 9.63 Å². The minimum atomic E-state index is -0.423. The number of carbonyl (C=O) groups excluding carboxylic acids is 1. The van der Waals surface area contributed by atoms with Crippen LogP contribution in [0.4, 0.5) is 15.8 Å². The second-order valence-electron chi connectivity index (χ2n) is 5.23. The van der Waals surface area contributed by atoms with Crippen LogP contribution in [0.15, 0.2) is 36.4 Å². The number of carbonyl (C=O) groups is 1. The molecular weight excluding hydrogens is 321 g/mol. The van der Waals surface area contributed by atoms with E-state index in [4.69, 9.17) is 10.6 Å². The number of nitrogens with two attached hydrogens (primary N) is 1. The minimum absolute atomic E-state index is 0.215. The topological polar surface area (TPSA) is 76.4 Å². The third-order valence-corrected chi connectivity index (χ3v) is 3.20. The zero-order chi connectivity index (χ0) is 18.8. The highest BCUT2D eigenvalue weighted by molar-refractivity contribution is 5.99. The number of hydrogen-bond donors (Lipinski definition) is 3. The predicted octanol–water partition coefficient (Wildman–Crippen LogP) is 3.83. The van der Waals surface area contributed by atoms with E-state index in [0.29, 0.717) is 23.5 Å². The molecule has 5 nitrogen and oxygen atoms in total. The van der Waals surface area contributed by atoms with Gasteiger partial charge in [0.05, 0.1) is 23.5 Å². The van der Waals surface area contributed by atoms with Crippen LogP contribution in [0.3, 0.4) is 0 Å². The number of halogens is 1.